The monoisotopic (exact) mass is 424 g/mol. The molecule has 0 amide bonds. The van der Waals surface area contributed by atoms with Gasteiger partial charge in [-0.2, -0.15) is 0 Å². The fraction of sp³-hybridized carbons (Fsp3) is 0.375. The van der Waals surface area contributed by atoms with Crippen molar-refractivity contribution in [3.63, 3.8) is 0 Å². The minimum absolute atomic E-state index is 0.828. The highest BCUT2D eigenvalue weighted by molar-refractivity contribution is 7.07. The summed E-state index contributed by atoms with van der Waals surface area (Å²) in [6, 6.07) is 16.7. The number of methoxy groups -OCH3 is 1. The van der Waals surface area contributed by atoms with Crippen LogP contribution in [-0.2, 0) is 11.3 Å². The molecule has 1 aliphatic rings. The number of morpholine rings is 1. The summed E-state index contributed by atoms with van der Waals surface area (Å²) in [7, 11) is 1.69. The van der Waals surface area contributed by atoms with Gasteiger partial charge in [0.05, 0.1) is 38.2 Å². The van der Waals surface area contributed by atoms with Gasteiger partial charge in [-0.15, -0.1) is 11.3 Å². The zero-order chi connectivity index (χ0) is 20.8. The number of aryl methyl sites for hydroxylation is 1. The van der Waals surface area contributed by atoms with Crippen LogP contribution >= 0.6 is 11.3 Å². The summed E-state index contributed by atoms with van der Waals surface area (Å²) in [5.41, 5.74) is 4.67. The van der Waals surface area contributed by atoms with Crippen LogP contribution in [0.25, 0.3) is 11.3 Å². The highest BCUT2D eigenvalue weighted by Crippen LogP contribution is 2.23. The molecule has 1 fully saturated rings. The first-order chi connectivity index (χ1) is 14.7. The molecule has 1 aromatic heterocycles. The van der Waals surface area contributed by atoms with E-state index in [1.165, 1.54) is 16.8 Å². The van der Waals surface area contributed by atoms with E-state index in [-0.39, 0.29) is 0 Å². The number of ether oxygens (including phenoxy) is 2. The zero-order valence-corrected chi connectivity index (χ0v) is 18.6. The van der Waals surface area contributed by atoms with Crippen LogP contribution < -0.4 is 14.4 Å². The molecule has 2 heterocycles. The van der Waals surface area contributed by atoms with Crippen LogP contribution in [0.4, 0.5) is 5.69 Å². The van der Waals surface area contributed by atoms with E-state index in [1.54, 1.807) is 23.3 Å². The summed E-state index contributed by atoms with van der Waals surface area (Å²) in [5, 5.41) is 2.23. The van der Waals surface area contributed by atoms with Gasteiger partial charge in [-0.3, -0.25) is 0 Å². The lowest BCUT2D eigenvalue weighted by atomic mass is 10.1. The van der Waals surface area contributed by atoms with Crippen molar-refractivity contribution < 1.29 is 14.4 Å². The molecule has 1 saturated heterocycles. The van der Waals surface area contributed by atoms with Crippen LogP contribution in [0.5, 0.6) is 5.75 Å². The molecule has 5 nitrogen and oxygen atoms in total. The maximum atomic E-state index is 5.49. The van der Waals surface area contributed by atoms with Gasteiger partial charge in [-0.05, 0) is 24.6 Å². The molecule has 0 radical (unpaired) electrons. The predicted octanol–water partition coefficient (Wildman–Crippen LogP) is 3.07. The number of hydrogen-bond acceptors (Lipinski definition) is 4. The third-order valence-electron chi connectivity index (χ3n) is 5.54. The number of nitrogens with one attached hydrogen (secondary N) is 1. The van der Waals surface area contributed by atoms with E-state index in [4.69, 9.17) is 14.5 Å². The van der Waals surface area contributed by atoms with Gasteiger partial charge in [0, 0.05) is 24.4 Å². The molecule has 0 aliphatic carbocycles. The first kappa shape index (κ1) is 20.8. The van der Waals surface area contributed by atoms with Crippen LogP contribution in [0.15, 0.2) is 58.9 Å². The van der Waals surface area contributed by atoms with Crippen molar-refractivity contribution in [2.75, 3.05) is 40.0 Å². The van der Waals surface area contributed by atoms with Crippen molar-refractivity contribution in [3.8, 4) is 17.0 Å². The molecule has 1 aliphatic heterocycles. The topological polar surface area (TPSA) is 40.2 Å². The fourth-order valence-corrected chi connectivity index (χ4v) is 4.73. The number of rotatable bonds is 7. The Hall–Kier alpha value is -2.41. The van der Waals surface area contributed by atoms with E-state index in [0.29, 0.717) is 0 Å². The minimum Gasteiger partial charge on any atom is -0.497 e. The molecule has 3 aromatic rings. The lowest BCUT2D eigenvalue weighted by Crippen LogP contribution is -3.14. The summed E-state index contributed by atoms with van der Waals surface area (Å²) in [5.74, 6) is 0.828. The Kier molecular flexibility index (Phi) is 7.00. The van der Waals surface area contributed by atoms with Crippen molar-refractivity contribution in [1.29, 1.82) is 0 Å². The van der Waals surface area contributed by atoms with Crippen LogP contribution in [0.3, 0.4) is 0 Å². The van der Waals surface area contributed by atoms with E-state index in [0.717, 1.165) is 62.1 Å². The van der Waals surface area contributed by atoms with Gasteiger partial charge in [-0.25, -0.2) is 4.99 Å². The summed E-state index contributed by atoms with van der Waals surface area (Å²) in [4.78, 5) is 7.62. The minimum atomic E-state index is 0.828. The number of benzene rings is 2. The maximum Gasteiger partial charge on any atom is 0.190 e. The molecule has 2 aromatic carbocycles. The number of quaternary nitrogens is 1. The van der Waals surface area contributed by atoms with Crippen molar-refractivity contribution in [1.82, 2.24) is 4.57 Å². The lowest BCUT2D eigenvalue weighted by Gasteiger charge is -2.23. The third-order valence-corrected chi connectivity index (χ3v) is 6.40. The molecule has 30 heavy (non-hydrogen) atoms. The highest BCUT2D eigenvalue weighted by atomic mass is 32.1. The Labute approximate surface area is 182 Å². The Morgan fingerprint density at radius 1 is 1.13 bits per heavy atom. The molecule has 0 saturated carbocycles. The van der Waals surface area contributed by atoms with E-state index < -0.39 is 0 Å². The average Bonchev–Trinajstić information content (AvgIpc) is 3.17. The SMILES string of the molecule is COc1cccc(N=c2scc(-c3ccc(C)cc3)n2CCC[NH+]2CCOCC2)c1. The quantitative estimate of drug-likeness (QED) is 0.633. The van der Waals surface area contributed by atoms with Gasteiger partial charge in [-0.1, -0.05) is 35.9 Å². The molecular weight excluding hydrogens is 394 g/mol. The fourth-order valence-electron chi connectivity index (χ4n) is 3.78. The molecule has 158 valence electrons. The van der Waals surface area contributed by atoms with Crippen molar-refractivity contribution in [3.05, 3.63) is 64.3 Å². The van der Waals surface area contributed by atoms with E-state index >= 15 is 0 Å². The Balaban J connectivity index is 1.63. The molecule has 0 bridgehead atoms. The molecule has 4 rings (SSSR count). The Morgan fingerprint density at radius 2 is 1.93 bits per heavy atom. The van der Waals surface area contributed by atoms with Crippen molar-refractivity contribution in [2.45, 2.75) is 19.9 Å². The second-order valence-corrected chi connectivity index (χ2v) is 8.54. The molecule has 6 heteroatoms. The van der Waals surface area contributed by atoms with E-state index in [1.807, 2.05) is 24.3 Å². The van der Waals surface area contributed by atoms with Gasteiger partial charge in [0.15, 0.2) is 4.80 Å². The molecule has 0 atom stereocenters. The maximum absolute atomic E-state index is 5.49. The van der Waals surface area contributed by atoms with E-state index in [2.05, 4.69) is 41.1 Å². The first-order valence-electron chi connectivity index (χ1n) is 10.6. The van der Waals surface area contributed by atoms with Gasteiger partial charge < -0.3 is 18.9 Å². The second-order valence-electron chi connectivity index (χ2n) is 7.70. The number of nitrogens with zero attached hydrogens (tertiary/aromatic N) is 2. The average molecular weight is 425 g/mol. The highest BCUT2D eigenvalue weighted by Gasteiger charge is 2.14. The third kappa shape index (κ3) is 5.19. The second kappa shape index (κ2) is 10.1. The Morgan fingerprint density at radius 3 is 2.70 bits per heavy atom. The number of hydrogen-bond donors (Lipinski definition) is 1. The normalized spacial score (nSPS) is 15.5. The van der Waals surface area contributed by atoms with E-state index in [9.17, 15) is 0 Å². The van der Waals surface area contributed by atoms with Crippen LogP contribution in [0, 0.1) is 6.92 Å². The smallest absolute Gasteiger partial charge is 0.190 e. The van der Waals surface area contributed by atoms with Gasteiger partial charge in [0.1, 0.15) is 18.8 Å². The molecule has 1 N–H and O–H groups in total. The van der Waals surface area contributed by atoms with Gasteiger partial charge >= 0.3 is 0 Å². The predicted molar refractivity (Wildman–Crippen MR) is 122 cm³/mol. The standard InChI is InChI=1S/C24H29N3O2S/c1-19-7-9-20(10-8-19)23-18-30-24(25-21-5-3-6-22(17-21)28-2)27(23)12-4-11-26-13-15-29-16-14-26/h3,5-10,17-18H,4,11-16H2,1-2H3/p+1. The zero-order valence-electron chi connectivity index (χ0n) is 17.8. The lowest BCUT2D eigenvalue weighted by molar-refractivity contribution is -0.908. The summed E-state index contributed by atoms with van der Waals surface area (Å²) >= 11 is 1.70. The number of thiazole rings is 1. The van der Waals surface area contributed by atoms with Crippen LogP contribution in [0.1, 0.15) is 12.0 Å². The van der Waals surface area contributed by atoms with Crippen LogP contribution in [-0.4, -0.2) is 44.5 Å². The van der Waals surface area contributed by atoms with Crippen LogP contribution in [0.2, 0.25) is 0 Å². The van der Waals surface area contributed by atoms with Crippen molar-refractivity contribution in [2.24, 2.45) is 4.99 Å². The molecule has 0 spiro atoms. The van der Waals surface area contributed by atoms with Crippen molar-refractivity contribution >= 4 is 17.0 Å². The molecular formula is C24H30N3O2S+. The molecule has 0 unspecified atom stereocenters. The number of aromatic nitrogens is 1. The first-order valence-corrected chi connectivity index (χ1v) is 11.5. The largest absolute Gasteiger partial charge is 0.497 e. The van der Waals surface area contributed by atoms with Gasteiger partial charge in [0.2, 0.25) is 0 Å². The Bertz CT molecular complexity index is 1020. The summed E-state index contributed by atoms with van der Waals surface area (Å²) in [6.45, 7) is 8.23. The van der Waals surface area contributed by atoms with Gasteiger partial charge in [0.25, 0.3) is 0 Å². The summed E-state index contributed by atoms with van der Waals surface area (Å²) in [6.07, 6.45) is 1.12. The summed E-state index contributed by atoms with van der Waals surface area (Å²) < 4.78 is 13.2.